The van der Waals surface area contributed by atoms with Gasteiger partial charge in [-0.25, -0.2) is 8.42 Å². The van der Waals surface area contributed by atoms with Gasteiger partial charge in [-0.1, -0.05) is 19.9 Å². The molecule has 4 rings (SSSR count). The van der Waals surface area contributed by atoms with Crippen LogP contribution >= 0.6 is 0 Å². The number of benzene rings is 1. The van der Waals surface area contributed by atoms with E-state index in [-0.39, 0.29) is 0 Å². The zero-order valence-corrected chi connectivity index (χ0v) is 18.8. The van der Waals surface area contributed by atoms with Crippen molar-refractivity contribution in [3.8, 4) is 0 Å². The van der Waals surface area contributed by atoms with E-state index in [4.69, 9.17) is 4.74 Å². The van der Waals surface area contributed by atoms with Crippen molar-refractivity contribution in [3.63, 3.8) is 0 Å². The number of quaternary nitrogens is 2. The highest BCUT2D eigenvalue weighted by atomic mass is 32.2. The number of piperazine rings is 1. The van der Waals surface area contributed by atoms with Gasteiger partial charge in [-0.05, 0) is 42.5 Å². The number of rotatable bonds is 6. The molecule has 0 radical (unpaired) electrons. The number of ether oxygens (including phenoxy) is 1. The van der Waals surface area contributed by atoms with Gasteiger partial charge in [-0.15, -0.1) is 0 Å². The summed E-state index contributed by atoms with van der Waals surface area (Å²) in [5.41, 5.74) is 2.54. The lowest BCUT2D eigenvalue weighted by atomic mass is 10.1. The zero-order valence-electron chi connectivity index (χ0n) is 18.0. The summed E-state index contributed by atoms with van der Waals surface area (Å²) in [7, 11) is -3.38. The number of aryl methyl sites for hydroxylation is 2. The van der Waals surface area contributed by atoms with Gasteiger partial charge in [0, 0.05) is 5.92 Å². The maximum atomic E-state index is 13.1. The Hall–Kier alpha value is -0.990. The highest BCUT2D eigenvalue weighted by Gasteiger charge is 2.34. The minimum absolute atomic E-state index is 0.298. The quantitative estimate of drug-likeness (QED) is 0.618. The van der Waals surface area contributed by atoms with Gasteiger partial charge in [0.25, 0.3) is 0 Å². The SMILES string of the molecule is CC(C)C[NH+]1CCO[C@@H](C[NH+]2CCN(S(=O)(=O)c3ccc4c(c3)CCC4)CC2)C1. The first-order valence-corrected chi connectivity index (χ1v) is 12.8. The molecule has 1 aliphatic carbocycles. The molecule has 0 bridgehead atoms. The fraction of sp³-hybridized carbons (Fsp3) is 0.727. The molecule has 7 heteroatoms. The first-order valence-electron chi connectivity index (χ1n) is 11.3. The molecule has 0 spiro atoms. The van der Waals surface area contributed by atoms with Gasteiger partial charge in [0.05, 0.1) is 44.2 Å². The van der Waals surface area contributed by atoms with Crippen LogP contribution in [0.1, 0.15) is 31.4 Å². The average molecular weight is 424 g/mol. The lowest BCUT2D eigenvalue weighted by molar-refractivity contribution is -0.935. The fourth-order valence-corrected chi connectivity index (χ4v) is 6.67. The Labute approximate surface area is 175 Å². The summed E-state index contributed by atoms with van der Waals surface area (Å²) >= 11 is 0. The highest BCUT2D eigenvalue weighted by Crippen LogP contribution is 2.26. The van der Waals surface area contributed by atoms with Crippen molar-refractivity contribution in [2.45, 2.75) is 44.1 Å². The number of fused-ring (bicyclic) bond motifs is 1. The number of hydrogen-bond acceptors (Lipinski definition) is 3. The second-order valence-corrected chi connectivity index (χ2v) is 11.4. The molecule has 2 N–H and O–H groups in total. The summed E-state index contributed by atoms with van der Waals surface area (Å²) < 4.78 is 33.9. The van der Waals surface area contributed by atoms with Gasteiger partial charge in [0.2, 0.25) is 10.0 Å². The van der Waals surface area contributed by atoms with E-state index >= 15 is 0 Å². The van der Waals surface area contributed by atoms with Gasteiger partial charge in [-0.3, -0.25) is 0 Å². The van der Waals surface area contributed by atoms with Crippen LogP contribution in [0, 0.1) is 5.92 Å². The molecule has 2 heterocycles. The van der Waals surface area contributed by atoms with Crippen molar-refractivity contribution in [2.24, 2.45) is 5.92 Å². The Kier molecular flexibility index (Phi) is 6.61. The standard InChI is InChI=1S/C22H35N3O3S/c1-18(2)15-24-12-13-28-21(17-24)16-23-8-10-25(11-9-23)29(26,27)22-7-6-19-4-3-5-20(19)14-22/h6-7,14,18,21H,3-5,8-13,15-17H2,1-2H3/p+2/t21-/m0/s1. The molecule has 3 aliphatic rings. The van der Waals surface area contributed by atoms with Crippen LogP contribution in [-0.2, 0) is 27.6 Å². The van der Waals surface area contributed by atoms with E-state index in [9.17, 15) is 8.42 Å². The van der Waals surface area contributed by atoms with Crippen molar-refractivity contribution in [1.29, 1.82) is 0 Å². The van der Waals surface area contributed by atoms with E-state index in [1.807, 2.05) is 12.1 Å². The topological polar surface area (TPSA) is 55.5 Å². The highest BCUT2D eigenvalue weighted by molar-refractivity contribution is 7.89. The van der Waals surface area contributed by atoms with Crippen molar-refractivity contribution in [3.05, 3.63) is 29.3 Å². The molecule has 2 saturated heterocycles. The van der Waals surface area contributed by atoms with E-state index in [1.54, 1.807) is 15.3 Å². The minimum Gasteiger partial charge on any atom is -0.361 e. The lowest BCUT2D eigenvalue weighted by Crippen LogP contribution is -3.19. The van der Waals surface area contributed by atoms with E-state index in [2.05, 4.69) is 13.8 Å². The predicted molar refractivity (Wildman–Crippen MR) is 113 cm³/mol. The van der Waals surface area contributed by atoms with Crippen molar-refractivity contribution >= 4 is 10.0 Å². The minimum atomic E-state index is -3.38. The second kappa shape index (κ2) is 9.02. The summed E-state index contributed by atoms with van der Waals surface area (Å²) in [5.74, 6) is 0.712. The van der Waals surface area contributed by atoms with Gasteiger partial charge in [-0.2, -0.15) is 4.31 Å². The molecule has 1 aromatic rings. The third-order valence-corrected chi connectivity index (χ3v) is 8.57. The maximum absolute atomic E-state index is 13.1. The first kappa shape index (κ1) is 21.2. The molecule has 162 valence electrons. The van der Waals surface area contributed by atoms with E-state index < -0.39 is 10.0 Å². The van der Waals surface area contributed by atoms with Crippen molar-refractivity contribution < 1.29 is 23.0 Å². The monoisotopic (exact) mass is 423 g/mol. The zero-order chi connectivity index (χ0) is 20.4. The van der Waals surface area contributed by atoms with Crippen molar-refractivity contribution in [2.75, 3.05) is 59.0 Å². The van der Waals surface area contributed by atoms with E-state index in [0.29, 0.717) is 30.0 Å². The van der Waals surface area contributed by atoms with Gasteiger partial charge in [0.15, 0.2) is 6.10 Å². The summed E-state index contributed by atoms with van der Waals surface area (Å²) in [6.45, 7) is 12.7. The molecule has 0 amide bonds. The Balaban J connectivity index is 1.31. The molecule has 2 aliphatic heterocycles. The van der Waals surface area contributed by atoms with Gasteiger partial charge < -0.3 is 14.5 Å². The summed E-state index contributed by atoms with van der Waals surface area (Å²) in [4.78, 5) is 3.60. The molecule has 6 nitrogen and oxygen atoms in total. The Morgan fingerprint density at radius 1 is 1.10 bits per heavy atom. The summed E-state index contributed by atoms with van der Waals surface area (Å²) in [6.07, 6.45) is 3.53. The molecule has 29 heavy (non-hydrogen) atoms. The van der Waals surface area contributed by atoms with Crippen LogP contribution in [0.3, 0.4) is 0 Å². The van der Waals surface area contributed by atoms with Crippen molar-refractivity contribution in [1.82, 2.24) is 4.31 Å². The lowest BCUT2D eigenvalue weighted by Gasteiger charge is -2.36. The smallest absolute Gasteiger partial charge is 0.243 e. The summed E-state index contributed by atoms with van der Waals surface area (Å²) in [5, 5.41) is 0. The molecule has 2 fully saturated rings. The molecule has 0 saturated carbocycles. The Morgan fingerprint density at radius 2 is 1.86 bits per heavy atom. The van der Waals surface area contributed by atoms with Gasteiger partial charge >= 0.3 is 0 Å². The molecular weight excluding hydrogens is 386 g/mol. The van der Waals surface area contributed by atoms with E-state index in [0.717, 1.165) is 58.6 Å². The number of sulfonamides is 1. The number of hydrogen-bond donors (Lipinski definition) is 2. The van der Waals surface area contributed by atoms with Crippen LogP contribution < -0.4 is 9.80 Å². The van der Waals surface area contributed by atoms with Crippen LogP contribution in [0.4, 0.5) is 0 Å². The van der Waals surface area contributed by atoms with Crippen LogP contribution in [0.15, 0.2) is 23.1 Å². The van der Waals surface area contributed by atoms with Gasteiger partial charge in [0.1, 0.15) is 19.6 Å². The van der Waals surface area contributed by atoms with Crippen LogP contribution in [-0.4, -0.2) is 77.8 Å². The molecule has 0 aromatic heterocycles. The maximum Gasteiger partial charge on any atom is 0.243 e. The number of nitrogens with zero attached hydrogens (tertiary/aromatic N) is 1. The molecule has 1 unspecified atom stereocenters. The third-order valence-electron chi connectivity index (χ3n) is 6.68. The number of nitrogens with one attached hydrogen (secondary N) is 2. The first-order chi connectivity index (χ1) is 13.9. The Morgan fingerprint density at radius 3 is 2.62 bits per heavy atom. The van der Waals surface area contributed by atoms with Crippen LogP contribution in [0.2, 0.25) is 0 Å². The second-order valence-electron chi connectivity index (χ2n) is 9.44. The number of morpholine rings is 1. The van der Waals surface area contributed by atoms with E-state index in [1.165, 1.54) is 22.6 Å². The normalized spacial score (nSPS) is 26.7. The summed E-state index contributed by atoms with van der Waals surface area (Å²) in [6, 6.07) is 5.74. The molecular formula is C22H37N3O3S+2. The van der Waals surface area contributed by atoms with Crippen LogP contribution in [0.5, 0.6) is 0 Å². The Bertz CT molecular complexity index is 804. The predicted octanol–water partition coefficient (Wildman–Crippen LogP) is -0.996. The fourth-order valence-electron chi connectivity index (χ4n) is 5.17. The molecule has 1 aromatic carbocycles. The van der Waals surface area contributed by atoms with Crippen LogP contribution in [0.25, 0.3) is 0 Å². The molecule has 2 atom stereocenters. The largest absolute Gasteiger partial charge is 0.361 e. The third kappa shape index (κ3) is 5.02. The average Bonchev–Trinajstić information content (AvgIpc) is 3.16.